The largest absolute Gasteiger partial charge is 0.361 e. The van der Waals surface area contributed by atoms with Gasteiger partial charge in [-0.15, -0.1) is 12.4 Å². The third kappa shape index (κ3) is 1.98. The number of hydrogen-bond acceptors (Lipinski definition) is 3. The molecule has 1 aromatic carbocycles. The predicted molar refractivity (Wildman–Crippen MR) is 82.7 cm³/mol. The molecule has 0 saturated carbocycles. The summed E-state index contributed by atoms with van der Waals surface area (Å²) in [6, 6.07) is 10.2. The van der Waals surface area contributed by atoms with Gasteiger partial charge in [0, 0.05) is 29.0 Å². The van der Waals surface area contributed by atoms with Crippen molar-refractivity contribution in [3.63, 3.8) is 0 Å². The first kappa shape index (κ1) is 12.5. The number of fused-ring (bicyclic) bond motifs is 2. The van der Waals surface area contributed by atoms with Crippen LogP contribution in [0.5, 0.6) is 0 Å². The molecule has 0 radical (unpaired) electrons. The zero-order valence-corrected chi connectivity index (χ0v) is 11.2. The van der Waals surface area contributed by atoms with E-state index in [1.165, 1.54) is 5.39 Å². The molecule has 4 aromatic rings. The molecule has 5 nitrogen and oxygen atoms in total. The molecule has 0 unspecified atom stereocenters. The molecule has 0 bridgehead atoms. The van der Waals surface area contributed by atoms with Crippen LogP contribution in [0.25, 0.3) is 21.9 Å². The summed E-state index contributed by atoms with van der Waals surface area (Å²) in [7, 11) is 0. The maximum Gasteiger partial charge on any atom is 0.143 e. The van der Waals surface area contributed by atoms with E-state index in [1.54, 1.807) is 6.33 Å². The monoisotopic (exact) mass is 285 g/mol. The zero-order chi connectivity index (χ0) is 12.7. The standard InChI is InChI=1S/C14H11N5.ClH/c1-2-12-9(3-5-15-12)7-10(1)19-14-11-4-6-16-13(11)17-8-18-14;/h1-8,15H,(H2,16,17,18,19);1H. The van der Waals surface area contributed by atoms with Crippen molar-refractivity contribution in [2.24, 2.45) is 0 Å². The van der Waals surface area contributed by atoms with Gasteiger partial charge in [-0.3, -0.25) is 0 Å². The van der Waals surface area contributed by atoms with Crippen molar-refractivity contribution >= 4 is 45.8 Å². The highest BCUT2D eigenvalue weighted by Crippen LogP contribution is 2.24. The van der Waals surface area contributed by atoms with Crippen LogP contribution >= 0.6 is 12.4 Å². The molecular weight excluding hydrogens is 274 g/mol. The smallest absolute Gasteiger partial charge is 0.143 e. The van der Waals surface area contributed by atoms with Gasteiger partial charge in [-0.1, -0.05) is 0 Å². The minimum Gasteiger partial charge on any atom is -0.361 e. The van der Waals surface area contributed by atoms with Gasteiger partial charge >= 0.3 is 0 Å². The molecule has 0 atom stereocenters. The number of rotatable bonds is 2. The molecule has 20 heavy (non-hydrogen) atoms. The van der Waals surface area contributed by atoms with Gasteiger partial charge in [-0.25, -0.2) is 9.97 Å². The van der Waals surface area contributed by atoms with Crippen LogP contribution in [0.15, 0.2) is 49.1 Å². The molecule has 0 spiro atoms. The predicted octanol–water partition coefficient (Wildman–Crippen LogP) is 3.60. The van der Waals surface area contributed by atoms with Gasteiger partial charge in [0.2, 0.25) is 0 Å². The molecule has 0 aliphatic carbocycles. The summed E-state index contributed by atoms with van der Waals surface area (Å²) in [5.74, 6) is 0.807. The highest BCUT2D eigenvalue weighted by Gasteiger charge is 2.05. The van der Waals surface area contributed by atoms with Crippen molar-refractivity contribution in [2.75, 3.05) is 5.32 Å². The van der Waals surface area contributed by atoms with E-state index in [-0.39, 0.29) is 12.4 Å². The quantitative estimate of drug-likeness (QED) is 0.527. The van der Waals surface area contributed by atoms with Gasteiger partial charge < -0.3 is 15.3 Å². The lowest BCUT2D eigenvalue weighted by molar-refractivity contribution is 1.20. The summed E-state index contributed by atoms with van der Waals surface area (Å²) in [4.78, 5) is 14.7. The summed E-state index contributed by atoms with van der Waals surface area (Å²) in [6.07, 6.45) is 5.35. The van der Waals surface area contributed by atoms with Gasteiger partial charge in [-0.2, -0.15) is 0 Å². The molecule has 0 saturated heterocycles. The molecule has 4 rings (SSSR count). The number of hydrogen-bond donors (Lipinski definition) is 3. The van der Waals surface area contributed by atoms with Gasteiger partial charge in [0.05, 0.1) is 5.39 Å². The van der Waals surface area contributed by atoms with Gasteiger partial charge in [0.25, 0.3) is 0 Å². The fraction of sp³-hybridized carbons (Fsp3) is 0. The van der Waals surface area contributed by atoms with E-state index in [9.17, 15) is 0 Å². The van der Waals surface area contributed by atoms with Crippen LogP contribution in [0.2, 0.25) is 0 Å². The number of nitrogens with one attached hydrogen (secondary N) is 3. The Balaban J connectivity index is 0.00000121. The van der Waals surface area contributed by atoms with Crippen molar-refractivity contribution in [2.45, 2.75) is 0 Å². The van der Waals surface area contributed by atoms with Crippen molar-refractivity contribution in [1.29, 1.82) is 0 Å². The lowest BCUT2D eigenvalue weighted by Crippen LogP contribution is -1.94. The van der Waals surface area contributed by atoms with Crippen LogP contribution in [0, 0.1) is 0 Å². The molecule has 3 aromatic heterocycles. The normalized spacial score (nSPS) is 10.6. The van der Waals surface area contributed by atoms with Crippen molar-refractivity contribution in [3.8, 4) is 0 Å². The fourth-order valence-electron chi connectivity index (χ4n) is 2.24. The van der Waals surface area contributed by atoms with Crippen molar-refractivity contribution in [3.05, 3.63) is 49.1 Å². The first-order chi connectivity index (χ1) is 9.40. The van der Waals surface area contributed by atoms with Crippen LogP contribution < -0.4 is 5.32 Å². The second-order valence-corrected chi connectivity index (χ2v) is 4.37. The van der Waals surface area contributed by atoms with E-state index in [2.05, 4.69) is 31.3 Å². The van der Waals surface area contributed by atoms with Crippen molar-refractivity contribution in [1.82, 2.24) is 19.9 Å². The molecular formula is C14H12ClN5. The highest BCUT2D eigenvalue weighted by molar-refractivity contribution is 5.90. The summed E-state index contributed by atoms with van der Waals surface area (Å²) >= 11 is 0. The lowest BCUT2D eigenvalue weighted by Gasteiger charge is -2.06. The van der Waals surface area contributed by atoms with Crippen LogP contribution in [0.4, 0.5) is 11.5 Å². The minimum atomic E-state index is 0. The van der Waals surface area contributed by atoms with Crippen LogP contribution in [0.3, 0.4) is 0 Å². The Morgan fingerprint density at radius 2 is 1.85 bits per heavy atom. The topological polar surface area (TPSA) is 69.4 Å². The average Bonchev–Trinajstić information content (AvgIpc) is 3.06. The molecule has 0 aliphatic heterocycles. The molecule has 3 N–H and O–H groups in total. The number of anilines is 2. The maximum absolute atomic E-state index is 4.29. The lowest BCUT2D eigenvalue weighted by atomic mass is 10.2. The summed E-state index contributed by atoms with van der Waals surface area (Å²) in [6.45, 7) is 0. The fourth-order valence-corrected chi connectivity index (χ4v) is 2.24. The Morgan fingerprint density at radius 1 is 0.950 bits per heavy atom. The number of H-pyrrole nitrogens is 2. The number of nitrogens with zero attached hydrogens (tertiary/aromatic N) is 2. The van der Waals surface area contributed by atoms with Crippen LogP contribution in [0.1, 0.15) is 0 Å². The third-order valence-electron chi connectivity index (χ3n) is 3.17. The number of aromatic amines is 2. The zero-order valence-electron chi connectivity index (χ0n) is 10.4. The van der Waals surface area contributed by atoms with Crippen LogP contribution in [-0.2, 0) is 0 Å². The van der Waals surface area contributed by atoms with Crippen LogP contribution in [-0.4, -0.2) is 19.9 Å². The highest BCUT2D eigenvalue weighted by atomic mass is 35.5. The van der Waals surface area contributed by atoms with Crippen molar-refractivity contribution < 1.29 is 0 Å². The van der Waals surface area contributed by atoms with E-state index in [0.29, 0.717) is 0 Å². The molecule has 6 heteroatoms. The number of benzene rings is 1. The summed E-state index contributed by atoms with van der Waals surface area (Å²) in [5, 5.41) is 5.48. The SMILES string of the molecule is Cl.c1nc(Nc2ccc3[nH]ccc3c2)c2cc[nH]c2n1. The third-order valence-corrected chi connectivity index (χ3v) is 3.17. The first-order valence-corrected chi connectivity index (χ1v) is 6.02. The van der Waals surface area contributed by atoms with Gasteiger partial charge in [0.15, 0.2) is 0 Å². The molecule has 100 valence electrons. The van der Waals surface area contributed by atoms with E-state index in [4.69, 9.17) is 0 Å². The second kappa shape index (κ2) is 4.86. The summed E-state index contributed by atoms with van der Waals surface area (Å²) in [5.41, 5.74) is 2.97. The Kier molecular flexibility index (Phi) is 3.04. The second-order valence-electron chi connectivity index (χ2n) is 4.37. The Labute approximate surface area is 120 Å². The average molecular weight is 286 g/mol. The molecule has 0 amide bonds. The first-order valence-electron chi connectivity index (χ1n) is 6.02. The Morgan fingerprint density at radius 3 is 2.80 bits per heavy atom. The van der Waals surface area contributed by atoms with E-state index < -0.39 is 0 Å². The number of aromatic nitrogens is 4. The van der Waals surface area contributed by atoms with Gasteiger partial charge in [-0.05, 0) is 30.3 Å². The number of halogens is 1. The summed E-state index contributed by atoms with van der Waals surface area (Å²) < 4.78 is 0. The van der Waals surface area contributed by atoms with E-state index >= 15 is 0 Å². The molecule has 3 heterocycles. The Bertz CT molecular complexity index is 864. The molecule has 0 fully saturated rings. The van der Waals surface area contributed by atoms with E-state index in [0.717, 1.165) is 28.1 Å². The van der Waals surface area contributed by atoms with E-state index in [1.807, 2.05) is 36.7 Å². The van der Waals surface area contributed by atoms with Gasteiger partial charge in [0.1, 0.15) is 17.8 Å². The minimum absolute atomic E-state index is 0. The maximum atomic E-state index is 4.29. The Hall–Kier alpha value is -2.53. The molecule has 0 aliphatic rings.